The highest BCUT2D eigenvalue weighted by Crippen LogP contribution is 2.42. The number of likely N-dealkylation sites (tertiary alicyclic amines) is 3. The Balaban J connectivity index is 1.28. The number of alkyl halides is 6. The Morgan fingerprint density at radius 1 is 0.955 bits per heavy atom. The van der Waals surface area contributed by atoms with E-state index in [1.807, 2.05) is 9.80 Å². The summed E-state index contributed by atoms with van der Waals surface area (Å²) in [4.78, 5) is 31.7. The molecule has 1 aromatic carbocycles. The summed E-state index contributed by atoms with van der Waals surface area (Å²) in [6.45, 7) is 4.15. The van der Waals surface area contributed by atoms with Crippen molar-refractivity contribution < 1.29 is 45.8 Å². The summed E-state index contributed by atoms with van der Waals surface area (Å²) in [6, 6.07) is 3.43. The molecule has 1 N–H and O–H groups in total. The van der Waals surface area contributed by atoms with Crippen molar-refractivity contribution in [3.8, 4) is 0 Å². The van der Waals surface area contributed by atoms with Gasteiger partial charge in [-0.15, -0.1) is 0 Å². The fourth-order valence-corrected chi connectivity index (χ4v) is 7.51. The van der Waals surface area contributed by atoms with Crippen LogP contribution in [0.25, 0.3) is 0 Å². The van der Waals surface area contributed by atoms with Gasteiger partial charge in [0.15, 0.2) is 6.10 Å². The number of carboxylic acid groups (broad SMARTS) is 1. The maximum atomic E-state index is 13.8. The van der Waals surface area contributed by atoms with Gasteiger partial charge in [-0.2, -0.15) is 26.3 Å². The first-order valence-electron chi connectivity index (χ1n) is 15.4. The van der Waals surface area contributed by atoms with Crippen LogP contribution in [-0.2, 0) is 22.3 Å². The first-order valence-corrected chi connectivity index (χ1v) is 15.4. The molecule has 5 rings (SSSR count). The number of aliphatic carboxylic acids is 1. The summed E-state index contributed by atoms with van der Waals surface area (Å²) in [6.07, 6.45) is -6.83. The van der Waals surface area contributed by atoms with Crippen molar-refractivity contribution in [2.45, 2.75) is 101 Å². The number of carbonyl (C=O) groups is 2. The van der Waals surface area contributed by atoms with Crippen LogP contribution in [0.15, 0.2) is 18.2 Å². The maximum absolute atomic E-state index is 13.8. The molecule has 0 saturated carbocycles. The van der Waals surface area contributed by atoms with Crippen LogP contribution in [0.1, 0.15) is 69.4 Å². The number of hydrogen-bond donors (Lipinski definition) is 1. The number of nitrogens with zero attached hydrogens (tertiary/aromatic N) is 4. The molecule has 0 bridgehead atoms. The van der Waals surface area contributed by atoms with Crippen LogP contribution in [-0.4, -0.2) is 101 Å². The van der Waals surface area contributed by atoms with Gasteiger partial charge in [0.2, 0.25) is 0 Å². The molecule has 0 aliphatic carbocycles. The zero-order valence-electron chi connectivity index (χ0n) is 24.8. The van der Waals surface area contributed by atoms with Crippen LogP contribution in [0.3, 0.4) is 0 Å². The normalized spacial score (nSPS) is 24.7. The number of ether oxygens (including phenoxy) is 1. The Labute approximate surface area is 252 Å². The van der Waals surface area contributed by atoms with Crippen molar-refractivity contribution in [3.05, 3.63) is 29.3 Å². The first-order chi connectivity index (χ1) is 20.7. The molecule has 1 amide bonds. The van der Waals surface area contributed by atoms with Gasteiger partial charge in [-0.3, -0.25) is 14.6 Å². The van der Waals surface area contributed by atoms with Gasteiger partial charge in [0.25, 0.3) is 0 Å². The number of anilines is 1. The van der Waals surface area contributed by atoms with Gasteiger partial charge in [-0.1, -0.05) is 6.07 Å². The number of benzene rings is 1. The molecule has 8 nitrogen and oxygen atoms in total. The lowest BCUT2D eigenvalue weighted by molar-refractivity contribution is -0.200. The van der Waals surface area contributed by atoms with E-state index in [0.717, 1.165) is 44.4 Å². The molecule has 246 valence electrons. The van der Waals surface area contributed by atoms with Gasteiger partial charge < -0.3 is 19.6 Å². The van der Waals surface area contributed by atoms with E-state index in [-0.39, 0.29) is 24.7 Å². The Kier molecular flexibility index (Phi) is 9.33. The predicted molar refractivity (Wildman–Crippen MR) is 149 cm³/mol. The summed E-state index contributed by atoms with van der Waals surface area (Å²) in [7, 11) is 0. The summed E-state index contributed by atoms with van der Waals surface area (Å²) in [5, 5.41) is 9.60. The Morgan fingerprint density at radius 3 is 2.25 bits per heavy atom. The van der Waals surface area contributed by atoms with E-state index >= 15 is 0 Å². The minimum atomic E-state index is -4.64. The number of amides is 1. The quantitative estimate of drug-likeness (QED) is 0.400. The third kappa shape index (κ3) is 6.90. The van der Waals surface area contributed by atoms with E-state index in [1.165, 1.54) is 11.0 Å². The second-order valence-electron chi connectivity index (χ2n) is 12.6. The highest BCUT2D eigenvalue weighted by Gasteiger charge is 2.46. The molecule has 4 fully saturated rings. The topological polar surface area (TPSA) is 76.6 Å². The smallest absolute Gasteiger partial charge is 0.425 e. The number of halogens is 6. The Bertz CT molecular complexity index is 1190. The van der Waals surface area contributed by atoms with Gasteiger partial charge in [0.05, 0.1) is 5.56 Å². The number of piperidine rings is 2. The Hall–Kier alpha value is -2.74. The summed E-state index contributed by atoms with van der Waals surface area (Å²) in [5.74, 6) is -0.830. The van der Waals surface area contributed by atoms with Crippen LogP contribution in [0, 0.1) is 0 Å². The molecule has 1 unspecified atom stereocenters. The molecule has 14 heteroatoms. The van der Waals surface area contributed by atoms with Crippen molar-refractivity contribution in [3.63, 3.8) is 0 Å². The average Bonchev–Trinajstić information content (AvgIpc) is 3.61. The molecule has 0 aromatic heterocycles. The van der Waals surface area contributed by atoms with E-state index in [2.05, 4.69) is 9.64 Å². The van der Waals surface area contributed by atoms with Crippen molar-refractivity contribution >= 4 is 17.7 Å². The number of carboxylic acids is 1. The SMILES string of the molecule is CC(OC(=O)N1CCC2(CCCN2Cc2ccc(C(F)(F)F)cc2N2CCC(N3CCC[C@@H]3C(=O)O)CC2)CC1)C(F)(F)F. The van der Waals surface area contributed by atoms with E-state index in [0.29, 0.717) is 64.0 Å². The molecular weight excluding hydrogens is 594 g/mol. The zero-order valence-corrected chi connectivity index (χ0v) is 24.8. The van der Waals surface area contributed by atoms with E-state index < -0.39 is 42.1 Å². The van der Waals surface area contributed by atoms with E-state index in [4.69, 9.17) is 0 Å². The lowest BCUT2D eigenvalue weighted by Gasteiger charge is -2.45. The Morgan fingerprint density at radius 2 is 1.64 bits per heavy atom. The molecule has 4 aliphatic rings. The van der Waals surface area contributed by atoms with Gasteiger partial charge >= 0.3 is 24.4 Å². The van der Waals surface area contributed by atoms with Gasteiger partial charge in [0.1, 0.15) is 6.04 Å². The lowest BCUT2D eigenvalue weighted by Crippen LogP contribution is -2.53. The van der Waals surface area contributed by atoms with Crippen LogP contribution in [0.5, 0.6) is 0 Å². The van der Waals surface area contributed by atoms with Crippen LogP contribution in [0.4, 0.5) is 36.8 Å². The van der Waals surface area contributed by atoms with Crippen LogP contribution < -0.4 is 4.90 Å². The van der Waals surface area contributed by atoms with Crippen LogP contribution in [0.2, 0.25) is 0 Å². The van der Waals surface area contributed by atoms with Gasteiger partial charge in [-0.05, 0) is 89.1 Å². The molecule has 1 spiro atoms. The van der Waals surface area contributed by atoms with E-state index in [1.54, 1.807) is 6.07 Å². The number of rotatable bonds is 6. The summed E-state index contributed by atoms with van der Waals surface area (Å²) >= 11 is 0. The second kappa shape index (κ2) is 12.6. The fourth-order valence-electron chi connectivity index (χ4n) is 7.51. The third-order valence-corrected chi connectivity index (χ3v) is 10.1. The highest BCUT2D eigenvalue weighted by atomic mass is 19.4. The van der Waals surface area contributed by atoms with E-state index in [9.17, 15) is 41.0 Å². The third-order valence-electron chi connectivity index (χ3n) is 10.1. The number of carbonyl (C=O) groups excluding carboxylic acids is 1. The first kappa shape index (κ1) is 32.6. The van der Waals surface area contributed by atoms with Crippen molar-refractivity contribution in [2.75, 3.05) is 44.2 Å². The molecule has 1 aromatic rings. The lowest BCUT2D eigenvalue weighted by atomic mass is 9.84. The minimum Gasteiger partial charge on any atom is -0.480 e. The van der Waals surface area contributed by atoms with Crippen molar-refractivity contribution in [1.82, 2.24) is 14.7 Å². The monoisotopic (exact) mass is 634 g/mol. The van der Waals surface area contributed by atoms with Gasteiger partial charge in [0, 0.05) is 50.0 Å². The molecule has 4 saturated heterocycles. The highest BCUT2D eigenvalue weighted by molar-refractivity contribution is 5.74. The predicted octanol–water partition coefficient (Wildman–Crippen LogP) is 5.74. The van der Waals surface area contributed by atoms with Crippen molar-refractivity contribution in [1.29, 1.82) is 0 Å². The summed E-state index contributed by atoms with van der Waals surface area (Å²) in [5.41, 5.74) is 0.266. The van der Waals surface area contributed by atoms with Gasteiger partial charge in [-0.25, -0.2) is 4.79 Å². The molecule has 4 aliphatic heterocycles. The average molecular weight is 635 g/mol. The molecule has 0 radical (unpaired) electrons. The molecular formula is C30H40F6N4O4. The largest absolute Gasteiger partial charge is 0.480 e. The van der Waals surface area contributed by atoms with Crippen molar-refractivity contribution in [2.24, 2.45) is 0 Å². The fraction of sp³-hybridized carbons (Fsp3) is 0.733. The van der Waals surface area contributed by atoms with Crippen LogP contribution >= 0.6 is 0 Å². The number of hydrogen-bond acceptors (Lipinski definition) is 6. The minimum absolute atomic E-state index is 0.0712. The maximum Gasteiger partial charge on any atom is 0.425 e. The molecule has 2 atom stereocenters. The standard InChI is InChI=1S/C30H40F6N4O4/c1-20(29(31,32)33)44-27(43)38-16-10-28(11-17-38)9-3-12-39(28)19-21-5-6-22(30(34,35)36)18-25(21)37-14-7-23(8-15-37)40-13-2-4-24(40)26(41)42/h5-6,18,20,23-24H,2-4,7-17,19H2,1H3,(H,41,42)/t20?,24-/m1/s1. The zero-order chi connectivity index (χ0) is 31.9. The molecule has 4 heterocycles. The molecule has 44 heavy (non-hydrogen) atoms. The summed E-state index contributed by atoms with van der Waals surface area (Å²) < 4.78 is 84.6. The second-order valence-corrected chi connectivity index (χ2v) is 12.6.